The molecule has 0 aliphatic carbocycles. The number of urea groups is 1. The lowest BCUT2D eigenvalue weighted by Gasteiger charge is -2.09. The van der Waals surface area contributed by atoms with E-state index in [-0.39, 0.29) is 4.90 Å². The molecule has 0 saturated heterocycles. The van der Waals surface area contributed by atoms with Crippen LogP contribution >= 0.6 is 11.6 Å². The first kappa shape index (κ1) is 15.8. The predicted octanol–water partition coefficient (Wildman–Crippen LogP) is 2.44. The zero-order chi connectivity index (χ0) is 14.5. The Morgan fingerprint density at radius 1 is 1.37 bits per heavy atom. The summed E-state index contributed by atoms with van der Waals surface area (Å²) in [5, 5.41) is 2.82. The van der Waals surface area contributed by atoms with Gasteiger partial charge in [-0.05, 0) is 31.0 Å². The van der Waals surface area contributed by atoms with E-state index in [9.17, 15) is 13.2 Å². The number of benzene rings is 1. The van der Waals surface area contributed by atoms with Crippen molar-refractivity contribution in [3.8, 4) is 0 Å². The van der Waals surface area contributed by atoms with Crippen LogP contribution in [0.2, 0.25) is 5.02 Å². The summed E-state index contributed by atoms with van der Waals surface area (Å²) in [6.45, 7) is 4.18. The molecule has 0 aliphatic heterocycles. The summed E-state index contributed by atoms with van der Waals surface area (Å²) in [7, 11) is -3.88. The Kier molecular flexibility index (Phi) is 5.62. The van der Waals surface area contributed by atoms with Gasteiger partial charge in [-0.15, -0.1) is 0 Å². The minimum Gasteiger partial charge on any atom is -0.337 e. The van der Waals surface area contributed by atoms with Gasteiger partial charge < -0.3 is 5.32 Å². The van der Waals surface area contributed by atoms with E-state index in [0.717, 1.165) is 18.4 Å². The molecule has 0 atom stereocenters. The molecule has 1 aromatic carbocycles. The fourth-order valence-electron chi connectivity index (χ4n) is 1.34. The number of unbranched alkanes of at least 4 members (excludes halogenated alkanes) is 1. The highest BCUT2D eigenvalue weighted by Crippen LogP contribution is 2.19. The molecule has 1 aromatic rings. The Morgan fingerprint density at radius 3 is 2.63 bits per heavy atom. The number of halogens is 1. The number of nitrogens with one attached hydrogen (secondary N) is 2. The molecular weight excluding hydrogens is 288 g/mol. The van der Waals surface area contributed by atoms with Gasteiger partial charge in [-0.25, -0.2) is 17.9 Å². The summed E-state index contributed by atoms with van der Waals surface area (Å²) >= 11 is 5.87. The normalized spacial score (nSPS) is 11.1. The predicted molar refractivity (Wildman–Crippen MR) is 74.8 cm³/mol. The number of rotatable bonds is 5. The van der Waals surface area contributed by atoms with Crippen LogP contribution in [0.4, 0.5) is 4.79 Å². The number of sulfonamides is 1. The molecule has 0 spiro atoms. The molecule has 0 aliphatic rings. The largest absolute Gasteiger partial charge is 0.337 e. The number of carbonyl (C=O) groups excluding carboxylic acids is 1. The third-order valence-corrected chi connectivity index (χ3v) is 4.23. The highest BCUT2D eigenvalue weighted by atomic mass is 35.5. The van der Waals surface area contributed by atoms with E-state index in [0.29, 0.717) is 11.6 Å². The van der Waals surface area contributed by atoms with Crippen LogP contribution in [0.1, 0.15) is 25.3 Å². The molecule has 0 radical (unpaired) electrons. The molecule has 0 unspecified atom stereocenters. The van der Waals surface area contributed by atoms with Crippen LogP contribution in [0.25, 0.3) is 0 Å². The molecule has 5 nitrogen and oxygen atoms in total. The summed E-state index contributed by atoms with van der Waals surface area (Å²) in [6.07, 6.45) is 1.71. The smallest absolute Gasteiger partial charge is 0.328 e. The zero-order valence-corrected chi connectivity index (χ0v) is 12.4. The molecule has 0 bridgehead atoms. The molecular formula is C12H17ClN2O3S. The molecule has 2 amide bonds. The highest BCUT2D eigenvalue weighted by Gasteiger charge is 2.17. The van der Waals surface area contributed by atoms with Gasteiger partial charge >= 0.3 is 6.03 Å². The van der Waals surface area contributed by atoms with Crippen molar-refractivity contribution >= 4 is 27.7 Å². The van der Waals surface area contributed by atoms with Crippen LogP contribution in [0.5, 0.6) is 0 Å². The van der Waals surface area contributed by atoms with Gasteiger partial charge in [-0.2, -0.15) is 0 Å². The van der Waals surface area contributed by atoms with Gasteiger partial charge in [0.15, 0.2) is 0 Å². The van der Waals surface area contributed by atoms with Crippen LogP contribution < -0.4 is 10.0 Å². The van der Waals surface area contributed by atoms with Gasteiger partial charge in [0.25, 0.3) is 10.0 Å². The Hall–Kier alpha value is -1.27. The second kappa shape index (κ2) is 6.77. The fourth-order valence-corrected chi connectivity index (χ4v) is 2.54. The van der Waals surface area contributed by atoms with Crippen LogP contribution in [-0.2, 0) is 10.0 Å². The van der Waals surface area contributed by atoms with Crippen LogP contribution in [0.3, 0.4) is 0 Å². The van der Waals surface area contributed by atoms with Gasteiger partial charge in [-0.1, -0.05) is 31.0 Å². The maximum Gasteiger partial charge on any atom is 0.328 e. The van der Waals surface area contributed by atoms with Crippen LogP contribution in [-0.4, -0.2) is 21.0 Å². The van der Waals surface area contributed by atoms with Crippen LogP contribution in [0.15, 0.2) is 23.1 Å². The molecule has 0 saturated carbocycles. The van der Waals surface area contributed by atoms with E-state index >= 15 is 0 Å². The lowest BCUT2D eigenvalue weighted by molar-refractivity contribution is 0.245. The summed E-state index contributed by atoms with van der Waals surface area (Å²) in [5.74, 6) is 0. The SMILES string of the molecule is CCCCNC(=O)NS(=O)(=O)c1ccc(C)c(Cl)c1. The number of amides is 2. The van der Waals surface area contributed by atoms with Crippen molar-refractivity contribution in [3.05, 3.63) is 28.8 Å². The first-order valence-corrected chi connectivity index (χ1v) is 7.79. The summed E-state index contributed by atoms with van der Waals surface area (Å²) < 4.78 is 25.8. The van der Waals surface area contributed by atoms with E-state index in [1.54, 1.807) is 13.0 Å². The van der Waals surface area contributed by atoms with Crippen molar-refractivity contribution in [2.75, 3.05) is 6.54 Å². The van der Waals surface area contributed by atoms with E-state index in [2.05, 4.69) is 5.32 Å². The third-order valence-electron chi connectivity index (χ3n) is 2.50. The zero-order valence-electron chi connectivity index (χ0n) is 10.9. The lowest BCUT2D eigenvalue weighted by Crippen LogP contribution is -2.39. The second-order valence-corrected chi connectivity index (χ2v) is 6.22. The van der Waals surface area contributed by atoms with Gasteiger partial charge in [0.2, 0.25) is 0 Å². The average molecular weight is 305 g/mol. The average Bonchev–Trinajstić information content (AvgIpc) is 2.32. The number of carbonyl (C=O) groups is 1. The highest BCUT2D eigenvalue weighted by molar-refractivity contribution is 7.90. The third kappa shape index (κ3) is 4.72. The molecule has 0 fully saturated rings. The fraction of sp³-hybridized carbons (Fsp3) is 0.417. The van der Waals surface area contributed by atoms with Crippen molar-refractivity contribution in [1.29, 1.82) is 0 Å². The minimum atomic E-state index is -3.88. The van der Waals surface area contributed by atoms with E-state index in [4.69, 9.17) is 11.6 Å². The molecule has 1 rings (SSSR count). The maximum absolute atomic E-state index is 11.9. The van der Waals surface area contributed by atoms with Crippen molar-refractivity contribution in [2.45, 2.75) is 31.6 Å². The van der Waals surface area contributed by atoms with E-state index in [1.165, 1.54) is 12.1 Å². The van der Waals surface area contributed by atoms with Gasteiger partial charge in [0, 0.05) is 11.6 Å². The second-order valence-electron chi connectivity index (χ2n) is 4.13. The summed E-state index contributed by atoms with van der Waals surface area (Å²) in [5.41, 5.74) is 0.771. The topological polar surface area (TPSA) is 75.3 Å². The molecule has 106 valence electrons. The maximum atomic E-state index is 11.9. The Labute approximate surface area is 118 Å². The molecule has 0 heterocycles. The van der Waals surface area contributed by atoms with Gasteiger partial charge in [0.05, 0.1) is 4.90 Å². The van der Waals surface area contributed by atoms with Crippen molar-refractivity contribution < 1.29 is 13.2 Å². The summed E-state index contributed by atoms with van der Waals surface area (Å²) in [4.78, 5) is 11.4. The minimum absolute atomic E-state index is 0.0336. The monoisotopic (exact) mass is 304 g/mol. The Morgan fingerprint density at radius 2 is 2.05 bits per heavy atom. The van der Waals surface area contributed by atoms with Crippen molar-refractivity contribution in [1.82, 2.24) is 10.0 Å². The van der Waals surface area contributed by atoms with Gasteiger partial charge in [-0.3, -0.25) is 0 Å². The number of aryl methyl sites for hydroxylation is 1. The van der Waals surface area contributed by atoms with E-state index < -0.39 is 16.1 Å². The molecule has 0 aromatic heterocycles. The van der Waals surface area contributed by atoms with Crippen molar-refractivity contribution in [2.24, 2.45) is 0 Å². The Bertz CT molecular complexity index is 558. The summed E-state index contributed by atoms with van der Waals surface area (Å²) in [6, 6.07) is 3.58. The van der Waals surface area contributed by atoms with Crippen molar-refractivity contribution in [3.63, 3.8) is 0 Å². The standard InChI is InChI=1S/C12H17ClN2O3S/c1-3-4-7-14-12(16)15-19(17,18)10-6-5-9(2)11(13)8-10/h5-6,8H,3-4,7H2,1-2H3,(H2,14,15,16). The van der Waals surface area contributed by atoms with Crippen LogP contribution in [0, 0.1) is 6.92 Å². The quantitative estimate of drug-likeness (QED) is 0.820. The first-order chi connectivity index (χ1) is 8.86. The Balaban J connectivity index is 2.75. The lowest BCUT2D eigenvalue weighted by atomic mass is 10.2. The number of hydrogen-bond acceptors (Lipinski definition) is 3. The molecule has 19 heavy (non-hydrogen) atoms. The first-order valence-electron chi connectivity index (χ1n) is 5.93. The molecule has 2 N–H and O–H groups in total. The van der Waals surface area contributed by atoms with Gasteiger partial charge in [0.1, 0.15) is 0 Å². The number of hydrogen-bond donors (Lipinski definition) is 2. The molecule has 7 heteroatoms. The van der Waals surface area contributed by atoms with E-state index in [1.807, 2.05) is 11.6 Å².